The van der Waals surface area contributed by atoms with E-state index in [1.54, 1.807) is 43.7 Å². The Hall–Kier alpha value is -2.03. The Morgan fingerprint density at radius 3 is 2.47 bits per heavy atom. The molecule has 0 aliphatic carbocycles. The molecule has 1 aromatic heterocycles. The maximum atomic E-state index is 10.7. The van der Waals surface area contributed by atoms with Gasteiger partial charge in [-0.05, 0) is 23.8 Å². The highest BCUT2D eigenvalue weighted by atomic mass is 16.1. The second kappa shape index (κ2) is 14.0. The molecule has 0 radical (unpaired) electrons. The van der Waals surface area contributed by atoms with Crippen LogP contribution in [0.15, 0.2) is 42.1 Å². The lowest BCUT2D eigenvalue weighted by molar-refractivity contribution is 0.112. The Balaban J connectivity index is 0. The number of hydrogen-bond acceptors (Lipinski definition) is 3. The predicted molar refractivity (Wildman–Crippen MR) is 84.9 cm³/mol. The monoisotopic (exact) mass is 260 g/mol. The molecule has 0 aromatic carbocycles. The number of aldehydes is 1. The summed E-state index contributed by atoms with van der Waals surface area (Å²) in [6, 6.07) is 3.43. The fraction of sp³-hybridized carbons (Fsp3) is 0.312. The molecule has 0 aliphatic heterocycles. The van der Waals surface area contributed by atoms with Gasteiger partial charge in [-0.15, -0.1) is 0 Å². The summed E-state index contributed by atoms with van der Waals surface area (Å²) in [5.74, 6) is 0. The van der Waals surface area contributed by atoms with Crippen molar-refractivity contribution in [3.63, 3.8) is 0 Å². The first-order valence-corrected chi connectivity index (χ1v) is 6.48. The first-order valence-electron chi connectivity index (χ1n) is 6.48. The number of allylic oxidation sites excluding steroid dienone is 3. The smallest absolute Gasteiger partial charge is 0.152 e. The van der Waals surface area contributed by atoms with Crippen molar-refractivity contribution in [2.45, 2.75) is 27.7 Å². The third kappa shape index (κ3) is 7.82. The maximum Gasteiger partial charge on any atom is 0.152 e. The molecular formula is C16H24N2O. The summed E-state index contributed by atoms with van der Waals surface area (Å²) in [6.07, 6.45) is 7.58. The van der Waals surface area contributed by atoms with Crippen LogP contribution in [-0.2, 0) is 0 Å². The Kier molecular flexibility index (Phi) is 14.3. The average Bonchev–Trinajstić information content (AvgIpc) is 2.51. The zero-order chi connectivity index (χ0) is 15.1. The van der Waals surface area contributed by atoms with E-state index >= 15 is 0 Å². The van der Waals surface area contributed by atoms with Crippen LogP contribution in [0.25, 0.3) is 5.57 Å². The molecule has 0 saturated carbocycles. The summed E-state index contributed by atoms with van der Waals surface area (Å²) in [5, 5.41) is 0. The number of nitrogens with zero attached hydrogens (tertiary/aromatic N) is 2. The van der Waals surface area contributed by atoms with E-state index in [9.17, 15) is 4.79 Å². The average molecular weight is 260 g/mol. The molecule has 0 atom stereocenters. The molecule has 3 heteroatoms. The lowest BCUT2D eigenvalue weighted by atomic mass is 10.1. The molecule has 0 bridgehead atoms. The van der Waals surface area contributed by atoms with E-state index in [0.717, 1.165) is 6.29 Å². The van der Waals surface area contributed by atoms with E-state index in [0.29, 0.717) is 16.8 Å². The zero-order valence-electron chi connectivity index (χ0n) is 12.6. The van der Waals surface area contributed by atoms with Crippen molar-refractivity contribution in [2.75, 3.05) is 7.05 Å². The highest BCUT2D eigenvalue weighted by molar-refractivity contribution is 5.87. The first kappa shape index (κ1) is 19.3. The van der Waals surface area contributed by atoms with Gasteiger partial charge in [0.2, 0.25) is 0 Å². The van der Waals surface area contributed by atoms with Gasteiger partial charge in [0, 0.05) is 25.0 Å². The summed E-state index contributed by atoms with van der Waals surface area (Å²) in [5.41, 5.74) is 1.84. The minimum absolute atomic E-state index is 0.542. The lowest BCUT2D eigenvalue weighted by Crippen LogP contribution is -1.93. The van der Waals surface area contributed by atoms with Crippen LogP contribution in [0.3, 0.4) is 0 Å². The number of hydrogen-bond donors (Lipinski definition) is 0. The normalized spacial score (nSPS) is 9.32. The number of pyridine rings is 1. The molecule has 0 fully saturated rings. The van der Waals surface area contributed by atoms with Gasteiger partial charge in [-0.25, -0.2) is 0 Å². The minimum Gasteiger partial charge on any atom is -0.298 e. The highest BCUT2D eigenvalue weighted by Gasteiger charge is 2.02. The standard InChI is InChI=1S/C12H12N2O.2C2H6/c1-10(5-3-7-13-2)12-11(9-15)6-4-8-14-12;2*1-2/h3-9H,1H2,2H3;2*1-2H3/b5-3-,13-7?;;. The second-order valence-electron chi connectivity index (χ2n) is 2.85. The van der Waals surface area contributed by atoms with Gasteiger partial charge in [-0.3, -0.25) is 14.8 Å². The van der Waals surface area contributed by atoms with Crippen LogP contribution in [-0.4, -0.2) is 24.5 Å². The van der Waals surface area contributed by atoms with Crippen molar-refractivity contribution >= 4 is 18.1 Å². The molecule has 104 valence electrons. The summed E-state index contributed by atoms with van der Waals surface area (Å²) in [4.78, 5) is 18.6. The number of rotatable bonds is 4. The molecule has 3 nitrogen and oxygen atoms in total. The summed E-state index contributed by atoms with van der Waals surface area (Å²) < 4.78 is 0. The number of aromatic nitrogens is 1. The third-order valence-electron chi connectivity index (χ3n) is 1.80. The molecule has 1 heterocycles. The molecule has 1 aromatic rings. The highest BCUT2D eigenvalue weighted by Crippen LogP contribution is 2.13. The van der Waals surface area contributed by atoms with Crippen molar-refractivity contribution in [2.24, 2.45) is 4.99 Å². The Bertz CT molecular complexity index is 421. The van der Waals surface area contributed by atoms with Crippen molar-refractivity contribution in [3.05, 3.63) is 48.3 Å². The molecule has 19 heavy (non-hydrogen) atoms. The SMILES string of the molecule is C=C(/C=C\C=NC)c1ncccc1C=O.CC.CC. The van der Waals surface area contributed by atoms with Crippen molar-refractivity contribution in [3.8, 4) is 0 Å². The van der Waals surface area contributed by atoms with Gasteiger partial charge in [0.25, 0.3) is 0 Å². The van der Waals surface area contributed by atoms with E-state index in [4.69, 9.17) is 0 Å². The van der Waals surface area contributed by atoms with Crippen molar-refractivity contribution in [1.82, 2.24) is 4.98 Å². The molecular weight excluding hydrogens is 236 g/mol. The van der Waals surface area contributed by atoms with Crippen molar-refractivity contribution < 1.29 is 4.79 Å². The minimum atomic E-state index is 0.542. The molecule has 1 rings (SSSR count). The molecule has 0 amide bonds. The van der Waals surface area contributed by atoms with E-state index < -0.39 is 0 Å². The van der Waals surface area contributed by atoms with Gasteiger partial charge in [0.1, 0.15) is 0 Å². The van der Waals surface area contributed by atoms with Crippen molar-refractivity contribution in [1.29, 1.82) is 0 Å². The van der Waals surface area contributed by atoms with Gasteiger partial charge < -0.3 is 0 Å². The molecule has 0 aliphatic rings. The van der Waals surface area contributed by atoms with E-state index in [-0.39, 0.29) is 0 Å². The number of carbonyl (C=O) groups is 1. The van der Waals surface area contributed by atoms with Crippen LogP contribution >= 0.6 is 0 Å². The Morgan fingerprint density at radius 2 is 1.95 bits per heavy atom. The lowest BCUT2D eigenvalue weighted by Gasteiger charge is -2.01. The van der Waals surface area contributed by atoms with Gasteiger partial charge in [0.15, 0.2) is 6.29 Å². The maximum absolute atomic E-state index is 10.7. The van der Waals surface area contributed by atoms with Gasteiger partial charge in [-0.1, -0.05) is 40.3 Å². The van der Waals surface area contributed by atoms with E-state index in [1.807, 2.05) is 27.7 Å². The van der Waals surface area contributed by atoms with Crippen LogP contribution in [0.4, 0.5) is 0 Å². The molecule has 0 spiro atoms. The Labute approximate surface area is 116 Å². The quantitative estimate of drug-likeness (QED) is 0.462. The van der Waals surface area contributed by atoms with E-state index in [1.165, 1.54) is 0 Å². The van der Waals surface area contributed by atoms with Gasteiger partial charge in [0.05, 0.1) is 5.69 Å². The fourth-order valence-electron chi connectivity index (χ4n) is 1.11. The molecule has 0 saturated heterocycles. The summed E-state index contributed by atoms with van der Waals surface area (Å²) in [7, 11) is 1.69. The van der Waals surface area contributed by atoms with Gasteiger partial charge in [-0.2, -0.15) is 0 Å². The molecule has 0 unspecified atom stereocenters. The van der Waals surface area contributed by atoms with Crippen LogP contribution in [0.2, 0.25) is 0 Å². The van der Waals surface area contributed by atoms with Crippen LogP contribution < -0.4 is 0 Å². The Morgan fingerprint density at radius 1 is 1.32 bits per heavy atom. The summed E-state index contributed by atoms with van der Waals surface area (Å²) in [6.45, 7) is 11.8. The zero-order valence-corrected chi connectivity index (χ0v) is 12.6. The van der Waals surface area contributed by atoms with Gasteiger partial charge >= 0.3 is 0 Å². The largest absolute Gasteiger partial charge is 0.298 e. The number of aliphatic imine (C=N–C) groups is 1. The first-order chi connectivity index (χ1) is 9.29. The third-order valence-corrected chi connectivity index (χ3v) is 1.80. The second-order valence-corrected chi connectivity index (χ2v) is 2.85. The van der Waals surface area contributed by atoms with Crippen LogP contribution in [0.5, 0.6) is 0 Å². The topological polar surface area (TPSA) is 42.3 Å². The predicted octanol–water partition coefficient (Wildman–Crippen LogP) is 4.22. The fourth-order valence-corrected chi connectivity index (χ4v) is 1.11. The van der Waals surface area contributed by atoms with Crippen LogP contribution in [0.1, 0.15) is 43.7 Å². The number of carbonyl (C=O) groups excluding carboxylic acids is 1. The van der Waals surface area contributed by atoms with Crippen LogP contribution in [0, 0.1) is 0 Å². The van der Waals surface area contributed by atoms with E-state index in [2.05, 4.69) is 16.6 Å². The summed E-state index contributed by atoms with van der Waals surface area (Å²) >= 11 is 0. The molecule has 0 N–H and O–H groups in total.